The van der Waals surface area contributed by atoms with Crippen molar-refractivity contribution in [2.45, 2.75) is 18.0 Å². The fourth-order valence-corrected chi connectivity index (χ4v) is 5.55. The van der Waals surface area contributed by atoms with Gasteiger partial charge in [-0.2, -0.15) is 0 Å². The predicted octanol–water partition coefficient (Wildman–Crippen LogP) is 0.882. The smallest absolute Gasteiger partial charge is 0.307 e. The second-order valence-electron chi connectivity index (χ2n) is 8.30. The lowest BCUT2D eigenvalue weighted by Crippen LogP contribution is -2.67. The van der Waals surface area contributed by atoms with Crippen molar-refractivity contribution in [3.05, 3.63) is 48.4 Å². The summed E-state index contributed by atoms with van der Waals surface area (Å²) < 4.78 is 15.7. The lowest BCUT2D eigenvalue weighted by molar-refractivity contribution is -0.154. The number of carbonyl (C=O) groups excluding carboxylic acids is 4. The van der Waals surface area contributed by atoms with Gasteiger partial charge >= 0.3 is 5.97 Å². The van der Waals surface area contributed by atoms with Crippen LogP contribution in [0.1, 0.15) is 18.2 Å². The second kappa shape index (κ2) is 7.73. The van der Waals surface area contributed by atoms with Crippen LogP contribution in [0.15, 0.2) is 47.1 Å². The fourth-order valence-electron chi connectivity index (χ4n) is 5.55. The number of esters is 1. The van der Waals surface area contributed by atoms with Crippen LogP contribution in [0.2, 0.25) is 0 Å². The number of rotatable bonds is 5. The Labute approximate surface area is 189 Å². The number of imide groups is 1. The molecule has 4 atom stereocenters. The molecule has 3 fully saturated rings. The molecule has 3 amide bonds. The highest BCUT2D eigenvalue weighted by molar-refractivity contribution is 6.24. The largest absolute Gasteiger partial charge is 0.497 e. The summed E-state index contributed by atoms with van der Waals surface area (Å²) in [5, 5.41) is 2.79. The van der Waals surface area contributed by atoms with Crippen LogP contribution in [0.5, 0.6) is 5.75 Å². The Kier molecular flexibility index (Phi) is 4.97. The molecule has 0 saturated carbocycles. The van der Waals surface area contributed by atoms with Gasteiger partial charge in [-0.25, -0.2) is 4.90 Å². The molecule has 0 spiro atoms. The third kappa shape index (κ3) is 2.90. The maximum atomic E-state index is 13.8. The van der Waals surface area contributed by atoms with Crippen molar-refractivity contribution < 1.29 is 33.1 Å². The highest BCUT2D eigenvalue weighted by Crippen LogP contribution is 2.57. The first-order valence-corrected chi connectivity index (χ1v) is 10.6. The van der Waals surface area contributed by atoms with Crippen LogP contribution in [0.4, 0.5) is 5.69 Å². The summed E-state index contributed by atoms with van der Waals surface area (Å²) in [6.07, 6.45) is 1.13. The molecule has 2 aromatic rings. The molecule has 4 heterocycles. The van der Waals surface area contributed by atoms with Crippen molar-refractivity contribution in [1.29, 1.82) is 0 Å². The maximum Gasteiger partial charge on any atom is 0.307 e. The van der Waals surface area contributed by atoms with E-state index in [4.69, 9.17) is 13.9 Å². The van der Waals surface area contributed by atoms with E-state index in [0.717, 1.165) is 4.90 Å². The number of nitrogens with one attached hydrogen (secondary N) is 1. The molecule has 0 radical (unpaired) electrons. The molecule has 1 aromatic carbocycles. The van der Waals surface area contributed by atoms with Gasteiger partial charge in [-0.15, -0.1) is 0 Å². The number of amides is 3. The Morgan fingerprint density at radius 2 is 1.91 bits per heavy atom. The van der Waals surface area contributed by atoms with E-state index < -0.39 is 47.1 Å². The summed E-state index contributed by atoms with van der Waals surface area (Å²) in [5.74, 6) is -3.03. The molecule has 1 N–H and O–H groups in total. The Morgan fingerprint density at radius 1 is 1.15 bits per heavy atom. The summed E-state index contributed by atoms with van der Waals surface area (Å²) in [6, 6.07) is 9.26. The van der Waals surface area contributed by atoms with Gasteiger partial charge in [-0.1, -0.05) is 0 Å². The number of fused-ring (bicyclic) bond motifs is 3. The zero-order valence-corrected chi connectivity index (χ0v) is 18.1. The van der Waals surface area contributed by atoms with Gasteiger partial charge in [0.2, 0.25) is 17.7 Å². The van der Waals surface area contributed by atoms with Crippen molar-refractivity contribution in [3.63, 3.8) is 0 Å². The van der Waals surface area contributed by atoms with Crippen LogP contribution < -0.4 is 15.0 Å². The molecule has 3 aliphatic rings. The number of benzene rings is 1. The number of methoxy groups -OCH3 is 2. The van der Waals surface area contributed by atoms with E-state index in [1.54, 1.807) is 41.3 Å². The van der Waals surface area contributed by atoms with Crippen molar-refractivity contribution in [2.75, 3.05) is 32.2 Å². The number of furan rings is 1. The number of hydrogen-bond acceptors (Lipinski definition) is 8. The number of carbonyl (C=O) groups is 4. The van der Waals surface area contributed by atoms with Crippen LogP contribution in [0.25, 0.3) is 0 Å². The number of ether oxygens (including phenoxy) is 2. The Hall–Kier alpha value is -3.66. The van der Waals surface area contributed by atoms with Gasteiger partial charge in [0.1, 0.15) is 17.0 Å². The second-order valence-corrected chi connectivity index (χ2v) is 8.30. The number of anilines is 1. The number of hydrogen-bond donors (Lipinski definition) is 1. The minimum atomic E-state index is -1.57. The standard InChI is InChI=1S/C23H23N3O7/c1-31-14-7-5-13(6-8-14)26-20(28)17-18(21(26)29)23(12-16(27)32-2)22(30)24-9-10-25(23)19(17)15-4-3-11-33-15/h3-8,11,17-19H,9-10,12H2,1-2H3,(H,24,30)/t17-,18-,19+,23+/m1/s1. The fraction of sp³-hybridized carbons (Fsp3) is 0.391. The van der Waals surface area contributed by atoms with Crippen molar-refractivity contribution in [3.8, 4) is 5.75 Å². The van der Waals surface area contributed by atoms with Gasteiger partial charge in [-0.05, 0) is 36.4 Å². The maximum absolute atomic E-state index is 13.8. The Morgan fingerprint density at radius 3 is 2.55 bits per heavy atom. The number of nitrogens with zero attached hydrogens (tertiary/aromatic N) is 2. The first-order chi connectivity index (χ1) is 15.9. The molecule has 172 valence electrons. The molecule has 0 aliphatic carbocycles. The van der Waals surface area contributed by atoms with Gasteiger partial charge < -0.3 is 19.2 Å². The van der Waals surface area contributed by atoms with Crippen LogP contribution in [0, 0.1) is 11.8 Å². The summed E-state index contributed by atoms with van der Waals surface area (Å²) in [5.41, 5.74) is -1.20. The minimum Gasteiger partial charge on any atom is -0.497 e. The van der Waals surface area contributed by atoms with Gasteiger partial charge in [-0.3, -0.25) is 24.1 Å². The molecule has 3 saturated heterocycles. The zero-order valence-electron chi connectivity index (χ0n) is 18.1. The van der Waals surface area contributed by atoms with Crippen molar-refractivity contribution in [2.24, 2.45) is 11.8 Å². The predicted molar refractivity (Wildman–Crippen MR) is 113 cm³/mol. The zero-order chi connectivity index (χ0) is 23.3. The average molecular weight is 453 g/mol. The molecule has 3 aliphatic heterocycles. The van der Waals surface area contributed by atoms with E-state index in [9.17, 15) is 19.2 Å². The Bertz CT molecular complexity index is 1110. The molecule has 5 rings (SSSR count). The first kappa shape index (κ1) is 21.2. The topological polar surface area (TPSA) is 118 Å². The average Bonchev–Trinajstić information content (AvgIpc) is 3.50. The summed E-state index contributed by atoms with van der Waals surface area (Å²) in [4.78, 5) is 56.3. The Balaban J connectivity index is 1.67. The third-order valence-corrected chi connectivity index (χ3v) is 6.89. The molecule has 0 bridgehead atoms. The molecule has 0 unspecified atom stereocenters. The summed E-state index contributed by atoms with van der Waals surface area (Å²) in [6.45, 7) is 0.674. The molecule has 10 nitrogen and oxygen atoms in total. The van der Waals surface area contributed by atoms with Crippen LogP contribution in [-0.4, -0.2) is 61.4 Å². The van der Waals surface area contributed by atoms with Gasteiger partial charge in [0.05, 0.1) is 50.5 Å². The SMILES string of the molecule is COC(=O)C[C@]12C(=O)NCCN1[C@@H](c1ccco1)[C@@H]1C(=O)N(c3ccc(OC)cc3)C(=O)[C@@H]12. The van der Waals surface area contributed by atoms with Gasteiger partial charge in [0.15, 0.2) is 0 Å². The van der Waals surface area contributed by atoms with E-state index in [1.165, 1.54) is 20.5 Å². The molecular weight excluding hydrogens is 430 g/mol. The highest BCUT2D eigenvalue weighted by Gasteiger charge is 2.73. The lowest BCUT2D eigenvalue weighted by atomic mass is 9.76. The quantitative estimate of drug-likeness (QED) is 0.524. The highest BCUT2D eigenvalue weighted by atomic mass is 16.5. The monoisotopic (exact) mass is 453 g/mol. The van der Waals surface area contributed by atoms with E-state index in [-0.39, 0.29) is 6.42 Å². The first-order valence-electron chi connectivity index (χ1n) is 10.6. The summed E-state index contributed by atoms with van der Waals surface area (Å²) >= 11 is 0. The third-order valence-electron chi connectivity index (χ3n) is 6.89. The van der Waals surface area contributed by atoms with Crippen molar-refractivity contribution in [1.82, 2.24) is 10.2 Å². The van der Waals surface area contributed by atoms with E-state index in [1.807, 2.05) is 0 Å². The molecule has 1 aromatic heterocycles. The molecule has 10 heteroatoms. The minimum absolute atomic E-state index is 0.322. The summed E-state index contributed by atoms with van der Waals surface area (Å²) in [7, 11) is 2.75. The van der Waals surface area contributed by atoms with E-state index in [0.29, 0.717) is 30.3 Å². The van der Waals surface area contributed by atoms with Crippen LogP contribution >= 0.6 is 0 Å². The number of piperazine rings is 1. The molecular formula is C23H23N3O7. The molecule has 33 heavy (non-hydrogen) atoms. The van der Waals surface area contributed by atoms with Crippen LogP contribution in [-0.2, 0) is 23.9 Å². The lowest BCUT2D eigenvalue weighted by Gasteiger charge is -2.44. The van der Waals surface area contributed by atoms with Crippen LogP contribution in [0.3, 0.4) is 0 Å². The van der Waals surface area contributed by atoms with Gasteiger partial charge in [0.25, 0.3) is 0 Å². The normalized spacial score (nSPS) is 29.0. The van der Waals surface area contributed by atoms with E-state index >= 15 is 0 Å². The van der Waals surface area contributed by atoms with Crippen molar-refractivity contribution >= 4 is 29.4 Å². The van der Waals surface area contributed by atoms with Gasteiger partial charge in [0, 0.05) is 13.1 Å². The van der Waals surface area contributed by atoms with E-state index in [2.05, 4.69) is 5.32 Å².